The van der Waals surface area contributed by atoms with E-state index < -0.39 is 15.8 Å². The van der Waals surface area contributed by atoms with Crippen molar-refractivity contribution in [1.82, 2.24) is 0 Å². The number of sulfonamides is 1. The van der Waals surface area contributed by atoms with Crippen molar-refractivity contribution in [2.75, 3.05) is 16.6 Å². The Morgan fingerprint density at radius 3 is 2.16 bits per heavy atom. The van der Waals surface area contributed by atoms with Crippen LogP contribution in [0.5, 0.6) is 5.75 Å². The van der Waals surface area contributed by atoms with Crippen molar-refractivity contribution < 1.29 is 22.3 Å². The lowest BCUT2D eigenvalue weighted by molar-refractivity contribution is -0.116. The number of benzene rings is 3. The molecule has 0 saturated carbocycles. The van der Waals surface area contributed by atoms with E-state index in [9.17, 15) is 17.6 Å². The molecule has 0 aliphatic rings. The highest BCUT2D eigenvalue weighted by molar-refractivity contribution is 7.92. The van der Waals surface area contributed by atoms with Crippen molar-refractivity contribution in [1.29, 1.82) is 0 Å². The summed E-state index contributed by atoms with van der Waals surface area (Å²) in [6.07, 6.45) is 0.825. The first-order valence-electron chi connectivity index (χ1n) is 9.70. The van der Waals surface area contributed by atoms with Crippen LogP contribution in [0.4, 0.5) is 15.8 Å². The van der Waals surface area contributed by atoms with Crippen LogP contribution in [0.1, 0.15) is 18.4 Å². The molecule has 31 heavy (non-hydrogen) atoms. The molecule has 0 heterocycles. The average Bonchev–Trinajstić information content (AvgIpc) is 2.74. The molecular formula is C23H23FN2O4S. The maximum Gasteiger partial charge on any atom is 0.261 e. The van der Waals surface area contributed by atoms with Gasteiger partial charge in [0.05, 0.1) is 11.5 Å². The van der Waals surface area contributed by atoms with E-state index in [1.165, 1.54) is 48.5 Å². The fourth-order valence-corrected chi connectivity index (χ4v) is 3.79. The first-order valence-corrected chi connectivity index (χ1v) is 11.2. The largest absolute Gasteiger partial charge is 0.494 e. The zero-order valence-corrected chi connectivity index (χ0v) is 17.8. The molecule has 3 aromatic rings. The van der Waals surface area contributed by atoms with Crippen LogP contribution in [0.3, 0.4) is 0 Å². The van der Waals surface area contributed by atoms with Crippen molar-refractivity contribution in [3.8, 4) is 5.75 Å². The third kappa shape index (κ3) is 6.82. The molecule has 0 radical (unpaired) electrons. The number of ether oxygens (including phenoxy) is 1. The minimum Gasteiger partial charge on any atom is -0.494 e. The highest BCUT2D eigenvalue weighted by atomic mass is 32.2. The fraction of sp³-hybridized carbons (Fsp3) is 0.174. The van der Waals surface area contributed by atoms with Gasteiger partial charge in [-0.15, -0.1) is 0 Å². The van der Waals surface area contributed by atoms with Gasteiger partial charge in [-0.05, 0) is 74.0 Å². The summed E-state index contributed by atoms with van der Waals surface area (Å²) in [5.74, 6) is 0.120. The van der Waals surface area contributed by atoms with Gasteiger partial charge in [0.25, 0.3) is 10.0 Å². The number of carbonyl (C=O) groups excluding carboxylic acids is 1. The first-order chi connectivity index (χ1) is 14.8. The molecule has 2 N–H and O–H groups in total. The third-order valence-corrected chi connectivity index (χ3v) is 5.78. The van der Waals surface area contributed by atoms with Gasteiger partial charge in [-0.2, -0.15) is 0 Å². The van der Waals surface area contributed by atoms with Gasteiger partial charge in [-0.25, -0.2) is 12.8 Å². The van der Waals surface area contributed by atoms with Crippen molar-refractivity contribution in [3.63, 3.8) is 0 Å². The Morgan fingerprint density at radius 2 is 1.52 bits per heavy atom. The Bertz CT molecular complexity index is 1110. The molecule has 8 heteroatoms. The van der Waals surface area contributed by atoms with Crippen LogP contribution >= 0.6 is 0 Å². The number of halogens is 1. The Morgan fingerprint density at radius 1 is 0.903 bits per heavy atom. The molecule has 1 amide bonds. The van der Waals surface area contributed by atoms with E-state index >= 15 is 0 Å². The standard InChI is InChI=1S/C23H23FN2O4S/c1-17-4-12-21(13-5-17)30-16-2-3-23(27)25-19-10-14-22(15-11-19)31(28,29)26-20-8-6-18(24)7-9-20/h4-15,26H,2-3,16H2,1H3,(H,25,27). The number of amides is 1. The fourth-order valence-electron chi connectivity index (χ4n) is 2.73. The van der Waals surface area contributed by atoms with Crippen LogP contribution in [-0.2, 0) is 14.8 Å². The highest BCUT2D eigenvalue weighted by Gasteiger charge is 2.14. The summed E-state index contributed by atoms with van der Waals surface area (Å²) in [4.78, 5) is 12.1. The number of carbonyl (C=O) groups is 1. The summed E-state index contributed by atoms with van der Waals surface area (Å²) in [5.41, 5.74) is 1.90. The molecule has 0 unspecified atom stereocenters. The van der Waals surface area contributed by atoms with E-state index in [0.717, 1.165) is 11.3 Å². The molecule has 6 nitrogen and oxygen atoms in total. The summed E-state index contributed by atoms with van der Waals surface area (Å²) < 4.78 is 45.8. The molecule has 0 fully saturated rings. The minimum atomic E-state index is -3.82. The second-order valence-electron chi connectivity index (χ2n) is 6.95. The smallest absolute Gasteiger partial charge is 0.261 e. The molecule has 0 atom stereocenters. The van der Waals surface area contributed by atoms with Crippen LogP contribution in [0.2, 0.25) is 0 Å². The molecule has 0 aromatic heterocycles. The number of hydrogen-bond donors (Lipinski definition) is 2. The molecule has 0 aliphatic heterocycles. The zero-order valence-electron chi connectivity index (χ0n) is 17.0. The summed E-state index contributed by atoms with van der Waals surface area (Å²) in [5, 5.41) is 2.73. The average molecular weight is 443 g/mol. The van der Waals surface area contributed by atoms with Gasteiger partial charge in [-0.3, -0.25) is 9.52 Å². The van der Waals surface area contributed by atoms with Gasteiger partial charge in [0.1, 0.15) is 11.6 Å². The SMILES string of the molecule is Cc1ccc(OCCCC(=O)Nc2ccc(S(=O)(=O)Nc3ccc(F)cc3)cc2)cc1. The van der Waals surface area contributed by atoms with E-state index in [-0.39, 0.29) is 22.9 Å². The van der Waals surface area contributed by atoms with Crippen molar-refractivity contribution in [2.24, 2.45) is 0 Å². The van der Waals surface area contributed by atoms with E-state index in [1.54, 1.807) is 0 Å². The monoisotopic (exact) mass is 442 g/mol. The summed E-state index contributed by atoms with van der Waals surface area (Å²) in [6.45, 7) is 2.42. The summed E-state index contributed by atoms with van der Waals surface area (Å²) >= 11 is 0. The van der Waals surface area contributed by atoms with Gasteiger partial charge >= 0.3 is 0 Å². The van der Waals surface area contributed by atoms with Crippen LogP contribution in [0.15, 0.2) is 77.7 Å². The Labute approximate surface area is 181 Å². The lowest BCUT2D eigenvalue weighted by Crippen LogP contribution is -2.14. The molecular weight excluding hydrogens is 419 g/mol. The third-order valence-electron chi connectivity index (χ3n) is 4.38. The topological polar surface area (TPSA) is 84.5 Å². The molecule has 0 spiro atoms. The predicted octanol–water partition coefficient (Wildman–Crippen LogP) is 4.73. The number of hydrogen-bond acceptors (Lipinski definition) is 4. The van der Waals surface area contributed by atoms with Crippen molar-refractivity contribution in [3.05, 3.63) is 84.2 Å². The van der Waals surface area contributed by atoms with Gasteiger partial charge in [0.15, 0.2) is 0 Å². The molecule has 0 aliphatic carbocycles. The normalized spacial score (nSPS) is 11.0. The lowest BCUT2D eigenvalue weighted by atomic mass is 10.2. The minimum absolute atomic E-state index is 0.0290. The van der Waals surface area contributed by atoms with Gasteiger partial charge in [-0.1, -0.05) is 17.7 Å². The number of nitrogens with one attached hydrogen (secondary N) is 2. The number of anilines is 2. The predicted molar refractivity (Wildman–Crippen MR) is 118 cm³/mol. The van der Waals surface area contributed by atoms with Crippen molar-refractivity contribution in [2.45, 2.75) is 24.7 Å². The second kappa shape index (κ2) is 10.1. The van der Waals surface area contributed by atoms with Gasteiger partial charge in [0.2, 0.25) is 5.91 Å². The Balaban J connectivity index is 1.47. The molecule has 3 rings (SSSR count). The molecule has 0 saturated heterocycles. The number of aryl methyl sites for hydroxylation is 1. The molecule has 162 valence electrons. The van der Waals surface area contributed by atoms with E-state index in [2.05, 4.69) is 10.0 Å². The van der Waals surface area contributed by atoms with Crippen LogP contribution in [0, 0.1) is 12.7 Å². The molecule has 3 aromatic carbocycles. The Kier molecular flexibility index (Phi) is 7.25. The number of rotatable bonds is 9. The van der Waals surface area contributed by atoms with E-state index in [1.807, 2.05) is 31.2 Å². The van der Waals surface area contributed by atoms with Crippen LogP contribution < -0.4 is 14.8 Å². The second-order valence-corrected chi connectivity index (χ2v) is 8.63. The first kappa shape index (κ1) is 22.3. The quantitative estimate of drug-likeness (QED) is 0.469. The highest BCUT2D eigenvalue weighted by Crippen LogP contribution is 2.19. The van der Waals surface area contributed by atoms with Gasteiger partial charge in [0, 0.05) is 17.8 Å². The van der Waals surface area contributed by atoms with Crippen LogP contribution in [-0.4, -0.2) is 20.9 Å². The zero-order chi connectivity index (χ0) is 22.3. The molecule has 0 bridgehead atoms. The van der Waals surface area contributed by atoms with Crippen molar-refractivity contribution >= 4 is 27.3 Å². The Hall–Kier alpha value is -3.39. The van der Waals surface area contributed by atoms with Gasteiger partial charge < -0.3 is 10.1 Å². The van der Waals surface area contributed by atoms with E-state index in [0.29, 0.717) is 18.7 Å². The summed E-state index contributed by atoms with van der Waals surface area (Å²) in [6, 6.07) is 18.5. The summed E-state index contributed by atoms with van der Waals surface area (Å²) in [7, 11) is -3.82. The maximum absolute atomic E-state index is 13.0. The lowest BCUT2D eigenvalue weighted by Gasteiger charge is -2.10. The van der Waals surface area contributed by atoms with E-state index in [4.69, 9.17) is 4.74 Å². The van der Waals surface area contributed by atoms with Crippen LogP contribution in [0.25, 0.3) is 0 Å². The maximum atomic E-state index is 13.0.